The number of hydrogen-bond donors (Lipinski definition) is 0. The molecule has 4 nitrogen and oxygen atoms in total. The summed E-state index contributed by atoms with van der Waals surface area (Å²) in [6.07, 6.45) is 2.16. The van der Waals surface area contributed by atoms with Crippen molar-refractivity contribution in [1.29, 1.82) is 0 Å². The number of nitrogens with zero attached hydrogens (tertiary/aromatic N) is 2. The van der Waals surface area contributed by atoms with Crippen LogP contribution in [0.25, 0.3) is 0 Å². The van der Waals surface area contributed by atoms with E-state index in [4.69, 9.17) is 16.3 Å². The van der Waals surface area contributed by atoms with Crippen LogP contribution in [0.15, 0.2) is 10.9 Å². The molecule has 1 heterocycles. The minimum absolute atomic E-state index is 0.134. The summed E-state index contributed by atoms with van der Waals surface area (Å²) in [5.74, 6) is 1.15. The van der Waals surface area contributed by atoms with Crippen molar-refractivity contribution < 1.29 is 4.74 Å². The Morgan fingerprint density at radius 1 is 1.67 bits per heavy atom. The van der Waals surface area contributed by atoms with Gasteiger partial charge in [-0.1, -0.05) is 11.6 Å². The average Bonchev–Trinajstić information content (AvgIpc) is 2.98. The van der Waals surface area contributed by atoms with Crippen molar-refractivity contribution in [2.75, 3.05) is 6.61 Å². The quantitative estimate of drug-likeness (QED) is 0.738. The van der Waals surface area contributed by atoms with E-state index in [1.54, 1.807) is 4.57 Å². The minimum atomic E-state index is -0.134. The molecule has 1 fully saturated rings. The molecule has 0 spiro atoms. The highest BCUT2D eigenvalue weighted by atomic mass is 35.5. The van der Waals surface area contributed by atoms with Gasteiger partial charge in [0.25, 0.3) is 5.56 Å². The predicted molar refractivity (Wildman–Crippen MR) is 57.1 cm³/mol. The summed E-state index contributed by atoms with van der Waals surface area (Å²) in [5.41, 5.74) is -0.134. The third-order valence-electron chi connectivity index (χ3n) is 2.37. The molecule has 15 heavy (non-hydrogen) atoms. The SMILES string of the molecule is CCOCn1c(C2CC2)nc(Cl)cc1=O. The topological polar surface area (TPSA) is 44.1 Å². The highest BCUT2D eigenvalue weighted by Gasteiger charge is 2.28. The van der Waals surface area contributed by atoms with Crippen molar-refractivity contribution in [1.82, 2.24) is 9.55 Å². The number of halogens is 1. The molecule has 0 aliphatic heterocycles. The van der Waals surface area contributed by atoms with Crippen LogP contribution in [0.4, 0.5) is 0 Å². The van der Waals surface area contributed by atoms with Crippen molar-refractivity contribution in [3.63, 3.8) is 0 Å². The van der Waals surface area contributed by atoms with Gasteiger partial charge in [0.05, 0.1) is 0 Å². The first-order valence-corrected chi connectivity index (χ1v) is 5.45. The van der Waals surface area contributed by atoms with Crippen LogP contribution in [0.3, 0.4) is 0 Å². The first-order chi connectivity index (χ1) is 7.22. The van der Waals surface area contributed by atoms with Crippen molar-refractivity contribution in [2.45, 2.75) is 32.4 Å². The maximum Gasteiger partial charge on any atom is 0.256 e. The molecule has 2 rings (SSSR count). The number of ether oxygens (including phenoxy) is 1. The lowest BCUT2D eigenvalue weighted by Crippen LogP contribution is -2.25. The van der Waals surface area contributed by atoms with Gasteiger partial charge in [-0.05, 0) is 19.8 Å². The van der Waals surface area contributed by atoms with E-state index in [2.05, 4.69) is 4.98 Å². The Hall–Kier alpha value is -0.870. The van der Waals surface area contributed by atoms with Gasteiger partial charge in [0.15, 0.2) is 0 Å². The van der Waals surface area contributed by atoms with Crippen LogP contribution in [0.2, 0.25) is 5.15 Å². The van der Waals surface area contributed by atoms with Gasteiger partial charge < -0.3 is 4.74 Å². The molecule has 0 aromatic carbocycles. The summed E-state index contributed by atoms with van der Waals surface area (Å²) in [5, 5.41) is 0.273. The van der Waals surface area contributed by atoms with E-state index >= 15 is 0 Å². The summed E-state index contributed by atoms with van der Waals surface area (Å²) in [4.78, 5) is 15.9. The van der Waals surface area contributed by atoms with Crippen LogP contribution in [0.1, 0.15) is 31.5 Å². The molecule has 82 valence electrons. The van der Waals surface area contributed by atoms with Crippen LogP contribution in [0, 0.1) is 0 Å². The fourth-order valence-electron chi connectivity index (χ4n) is 1.46. The Kier molecular flexibility index (Phi) is 3.07. The fourth-order valence-corrected chi connectivity index (χ4v) is 1.64. The summed E-state index contributed by atoms with van der Waals surface area (Å²) in [6, 6.07) is 1.33. The fraction of sp³-hybridized carbons (Fsp3) is 0.600. The maximum atomic E-state index is 11.7. The van der Waals surface area contributed by atoms with E-state index in [1.807, 2.05) is 6.92 Å². The lowest BCUT2D eigenvalue weighted by molar-refractivity contribution is 0.0823. The van der Waals surface area contributed by atoms with Gasteiger partial charge in [-0.3, -0.25) is 9.36 Å². The van der Waals surface area contributed by atoms with E-state index in [-0.39, 0.29) is 17.4 Å². The van der Waals surface area contributed by atoms with E-state index in [9.17, 15) is 4.79 Å². The molecule has 1 aromatic heterocycles. The number of rotatable bonds is 4. The summed E-state index contributed by atoms with van der Waals surface area (Å²) >= 11 is 5.76. The third-order valence-corrected chi connectivity index (χ3v) is 2.57. The number of hydrogen-bond acceptors (Lipinski definition) is 3. The standard InChI is InChI=1S/C10H13ClN2O2/c1-2-15-6-13-9(14)5-8(11)12-10(13)7-3-4-7/h5,7H,2-4,6H2,1H3. The maximum absolute atomic E-state index is 11.7. The van der Waals surface area contributed by atoms with E-state index in [0.29, 0.717) is 12.5 Å². The first kappa shape index (κ1) is 10.6. The molecule has 0 radical (unpaired) electrons. The zero-order valence-electron chi connectivity index (χ0n) is 8.57. The van der Waals surface area contributed by atoms with Crippen LogP contribution in [-0.4, -0.2) is 16.2 Å². The molecular weight excluding hydrogens is 216 g/mol. The van der Waals surface area contributed by atoms with E-state index < -0.39 is 0 Å². The summed E-state index contributed by atoms with van der Waals surface area (Å²) < 4.78 is 6.80. The van der Waals surface area contributed by atoms with E-state index in [0.717, 1.165) is 18.7 Å². The normalized spacial score (nSPS) is 15.6. The number of aromatic nitrogens is 2. The molecule has 0 atom stereocenters. The Labute approximate surface area is 92.8 Å². The zero-order chi connectivity index (χ0) is 10.8. The van der Waals surface area contributed by atoms with Gasteiger partial charge in [-0.25, -0.2) is 4.98 Å². The molecule has 1 aliphatic carbocycles. The van der Waals surface area contributed by atoms with Gasteiger partial charge in [-0.2, -0.15) is 0 Å². The average molecular weight is 229 g/mol. The molecule has 5 heteroatoms. The Morgan fingerprint density at radius 3 is 3.00 bits per heavy atom. The van der Waals surface area contributed by atoms with Gasteiger partial charge in [0, 0.05) is 18.6 Å². The van der Waals surface area contributed by atoms with Crippen molar-refractivity contribution >= 4 is 11.6 Å². The molecule has 1 aromatic rings. The van der Waals surface area contributed by atoms with E-state index in [1.165, 1.54) is 6.07 Å². The molecule has 0 N–H and O–H groups in total. The Morgan fingerprint density at radius 2 is 2.40 bits per heavy atom. The van der Waals surface area contributed by atoms with Crippen molar-refractivity contribution in [3.05, 3.63) is 27.4 Å². The van der Waals surface area contributed by atoms with Crippen LogP contribution in [0.5, 0.6) is 0 Å². The monoisotopic (exact) mass is 228 g/mol. The molecule has 0 unspecified atom stereocenters. The van der Waals surface area contributed by atoms with Gasteiger partial charge in [0.1, 0.15) is 17.7 Å². The van der Waals surface area contributed by atoms with Crippen LogP contribution in [-0.2, 0) is 11.5 Å². The minimum Gasteiger partial charge on any atom is -0.361 e. The Bertz CT molecular complexity index is 412. The Balaban J connectivity index is 2.35. The van der Waals surface area contributed by atoms with Crippen LogP contribution < -0.4 is 5.56 Å². The predicted octanol–water partition coefficient (Wildman–Crippen LogP) is 1.77. The third kappa shape index (κ3) is 2.38. The summed E-state index contributed by atoms with van der Waals surface area (Å²) in [7, 11) is 0. The second-order valence-electron chi connectivity index (χ2n) is 3.60. The lowest BCUT2D eigenvalue weighted by Gasteiger charge is -2.10. The highest BCUT2D eigenvalue weighted by Crippen LogP contribution is 2.38. The van der Waals surface area contributed by atoms with Crippen molar-refractivity contribution in [2.24, 2.45) is 0 Å². The molecule has 1 saturated carbocycles. The summed E-state index contributed by atoms with van der Waals surface area (Å²) in [6.45, 7) is 2.75. The lowest BCUT2D eigenvalue weighted by atomic mass is 10.4. The van der Waals surface area contributed by atoms with Crippen molar-refractivity contribution in [3.8, 4) is 0 Å². The zero-order valence-corrected chi connectivity index (χ0v) is 9.33. The molecule has 0 saturated heterocycles. The molecule has 1 aliphatic rings. The molecular formula is C10H13ClN2O2. The first-order valence-electron chi connectivity index (χ1n) is 5.07. The molecule has 0 bridgehead atoms. The highest BCUT2D eigenvalue weighted by molar-refractivity contribution is 6.29. The molecule has 0 amide bonds. The van der Waals surface area contributed by atoms with Gasteiger partial charge >= 0.3 is 0 Å². The second-order valence-corrected chi connectivity index (χ2v) is 3.99. The largest absolute Gasteiger partial charge is 0.361 e. The smallest absolute Gasteiger partial charge is 0.256 e. The van der Waals surface area contributed by atoms with Gasteiger partial charge in [0.2, 0.25) is 0 Å². The van der Waals surface area contributed by atoms with Crippen LogP contribution >= 0.6 is 11.6 Å². The van der Waals surface area contributed by atoms with Gasteiger partial charge in [-0.15, -0.1) is 0 Å². The second kappa shape index (κ2) is 4.33.